The number of ether oxygens (including phenoxy) is 4. The van der Waals surface area contributed by atoms with Gasteiger partial charge in [0.25, 0.3) is 17.0 Å². The number of imidazole rings is 4. The fraction of sp³-hybridized carbons (Fsp3) is 0.567. The van der Waals surface area contributed by atoms with Gasteiger partial charge in [0.15, 0.2) is 100 Å². The van der Waals surface area contributed by atoms with E-state index in [1.54, 1.807) is 67.8 Å². The summed E-state index contributed by atoms with van der Waals surface area (Å²) in [6, 6.07) is 8.32. The first kappa shape index (κ1) is 93.9. The highest BCUT2D eigenvalue weighted by atomic mass is 32.7. The Morgan fingerprint density at radius 3 is 1.30 bits per heavy atom. The lowest BCUT2D eigenvalue weighted by atomic mass is 10.1. The van der Waals surface area contributed by atoms with Crippen LogP contribution in [-0.4, -0.2) is 245 Å². The van der Waals surface area contributed by atoms with Crippen LogP contribution >= 0.6 is 39.2 Å². The number of benzene rings is 1. The number of nitrogens with two attached hydrogens (primary N) is 1. The molecule has 666 valence electrons. The van der Waals surface area contributed by atoms with Gasteiger partial charge < -0.3 is 72.6 Å². The Kier molecular flexibility index (Phi) is 30.6. The van der Waals surface area contributed by atoms with Crippen molar-refractivity contribution in [1.29, 1.82) is 0 Å². The second-order valence-corrected chi connectivity index (χ2v) is 39.9. The van der Waals surface area contributed by atoms with Gasteiger partial charge in [0.05, 0.1) is 91.0 Å². The minimum atomic E-state index is -4.58. The number of aromatic amines is 2. The molecule has 3 amide bonds. The zero-order valence-electron chi connectivity index (χ0n) is 66.8. The SMILES string of the molecule is CC(C)C(=O)Nc1nc2c(ncn2[C@@H]2O[C@@H]3COP(O)(=S)O[C@H]4[C@@H](F)[C@H](n5cnc6c(NC(=O)c7ccccc7)ncnc65)O[C@@H]4COP(=O)(S)O[C@H]3[C@H]2F)c(=O)[nH]1.CC(C)C(=O)Nc1nc2c(ncn2[C@@H]2O[C@@H]3COP([O-])(=S)O[C@H]4[C@@H](F)[C@H](n5cnc6c(N)ncnc65)O[C@@H]4COP(O)(=S)O[C@H]3[C@H]2F)c(=O)[nH]1.CC[NH+](CC)CC.CC[NH+](CC)CC. The first-order valence-electron chi connectivity index (χ1n) is 38.4. The standard InChI is InChI=1S/C31H32F2N10O11P2S2.C24H28F2N10O10P2S2.2C6H15N/c1-13(2)26(44)40-31-39-25-20(28(46)41-31)37-12-43(25)30-18(33)22-16(52-30)9-50-55(47,57)53-21-15(8-49-56(48,58)54-22)51-29(17(21)32)42-11-36-19-23(34-10-35-24(19)42)38-27(45)14-6-4-3-5-7-14;1-8(2)20(37)33-24-32-19-14(21(38)34-24)31-7-36(19)23-12(26)16-10(44-23)4-42-47(39,49)45-15-9(3-41-48(40,50)46-16)43-22(11(15)25)35-6-30-13-17(27)28-5-29-18(13)35;2*1-4-7(5-2)6-3/h3-7,10-13,15-18,21-22,29-30H,8-9H2,1-2H3,(H,47,57)(H,48,58)(H,34,35,38,45)(H2,39,40,41,44,46);5-12,15-16,22-23H,3-4H2,1-2H3,(H,39,49)(H,40,50)(H2,27,28,29)(H2,32,33,34,37,38);2*4-6H2,1-3H3/p+1/t15-,16-,17-,18-,21-,22-,29-,30-,55?,56?;9-,10-,11-,12-,15-,16-,22-,23-,47?,48?;;/m11../s1. The first-order valence-corrected chi connectivity index (χ1v) is 48.8. The molecule has 6 aliphatic rings. The number of thiol groups is 1. The molecule has 20 atom stereocenters. The molecule has 8 aromatic heterocycles. The highest BCUT2D eigenvalue weighted by Gasteiger charge is 2.56. The zero-order chi connectivity index (χ0) is 88.2. The Morgan fingerprint density at radius 1 is 0.533 bits per heavy atom. The van der Waals surface area contributed by atoms with Crippen molar-refractivity contribution in [2.45, 2.75) is 168 Å². The van der Waals surface area contributed by atoms with Crippen LogP contribution in [0, 0.1) is 11.8 Å². The largest absolute Gasteiger partial charge is 0.780 e. The number of halogens is 4. The topological polar surface area (TPSA) is 528 Å². The van der Waals surface area contributed by atoms with Crippen molar-refractivity contribution in [2.24, 2.45) is 11.8 Å². The quantitative estimate of drug-likeness (QED) is 0.0375. The Morgan fingerprint density at radius 2 is 0.893 bits per heavy atom. The van der Waals surface area contributed by atoms with Crippen LogP contribution in [0.2, 0.25) is 0 Å². The molecule has 0 spiro atoms. The molecule has 11 N–H and O–H groups in total. The van der Waals surface area contributed by atoms with Crippen LogP contribution in [0.4, 0.5) is 41.1 Å². The summed E-state index contributed by atoms with van der Waals surface area (Å²) in [6.07, 6.45) is -20.8. The minimum Gasteiger partial charge on any atom is -0.780 e. The predicted octanol–water partition coefficient (Wildman–Crippen LogP) is 3.44. The van der Waals surface area contributed by atoms with E-state index in [1.165, 1.54) is 61.1 Å². The molecule has 0 aliphatic carbocycles. The lowest BCUT2D eigenvalue weighted by Gasteiger charge is -2.35. The Bertz CT molecular complexity index is 5530. The molecule has 1 aromatic carbocycles. The van der Waals surface area contributed by atoms with Gasteiger partial charge in [0.1, 0.15) is 73.7 Å². The van der Waals surface area contributed by atoms with Crippen LogP contribution in [0.5, 0.6) is 0 Å². The average Bonchev–Trinajstić information content (AvgIpc) is 1.62. The summed E-state index contributed by atoms with van der Waals surface area (Å²) in [5, 5.41) is 7.56. The highest BCUT2D eigenvalue weighted by molar-refractivity contribution is 8.44. The van der Waals surface area contributed by atoms with Crippen LogP contribution in [0.3, 0.4) is 0 Å². The molecule has 0 radical (unpaired) electrons. The smallest absolute Gasteiger partial charge is 0.386 e. The molecule has 122 heavy (non-hydrogen) atoms. The molecule has 6 aliphatic heterocycles. The molecule has 6 fully saturated rings. The second kappa shape index (κ2) is 39.8. The number of alkyl halides is 4. The van der Waals surface area contributed by atoms with Crippen molar-refractivity contribution in [3.05, 3.63) is 94.6 Å². The zero-order valence-corrected chi connectivity index (χ0v) is 73.7. The number of aromatic nitrogens is 16. The number of carbonyl (C=O) groups excluding carboxylic acids is 3. The molecule has 43 nitrogen and oxygen atoms in total. The molecule has 4 unspecified atom stereocenters. The van der Waals surface area contributed by atoms with Gasteiger partial charge in [0, 0.05) is 17.4 Å². The van der Waals surface area contributed by atoms with E-state index in [4.69, 9.17) is 96.3 Å². The number of nitrogen functional groups attached to an aromatic ring is 1. The van der Waals surface area contributed by atoms with Crippen LogP contribution in [0.1, 0.15) is 105 Å². The van der Waals surface area contributed by atoms with Gasteiger partial charge in [-0.05, 0) is 77.3 Å². The molecular formula is C67H91F4N22O21P4S4+. The number of fused-ring (bicyclic) bond motifs is 8. The van der Waals surface area contributed by atoms with Crippen molar-refractivity contribution < 1.29 is 116 Å². The Labute approximate surface area is 712 Å². The van der Waals surface area contributed by atoms with Gasteiger partial charge in [-0.1, -0.05) is 69.9 Å². The van der Waals surface area contributed by atoms with E-state index in [0.29, 0.717) is 5.56 Å². The Hall–Kier alpha value is -7.20. The van der Waals surface area contributed by atoms with Gasteiger partial charge in [-0.2, -0.15) is 9.97 Å². The average molecular weight is 1870 g/mol. The van der Waals surface area contributed by atoms with E-state index >= 15 is 17.6 Å². The lowest BCUT2D eigenvalue weighted by Crippen LogP contribution is -3.11. The van der Waals surface area contributed by atoms with Gasteiger partial charge in [-0.25, -0.2) is 62.0 Å². The maximum atomic E-state index is 16.5. The summed E-state index contributed by atoms with van der Waals surface area (Å²) in [6.45, 7) is 6.67. The monoisotopic (exact) mass is 1870 g/mol. The molecule has 0 bridgehead atoms. The fourth-order valence-corrected chi connectivity index (χ4v) is 19.2. The number of amides is 3. The van der Waals surface area contributed by atoms with Gasteiger partial charge in [-0.15, -0.1) is 0 Å². The summed E-state index contributed by atoms with van der Waals surface area (Å²) < 4.78 is 151. The lowest BCUT2D eigenvalue weighted by molar-refractivity contribution is -0.894. The van der Waals surface area contributed by atoms with E-state index in [1.807, 2.05) is 0 Å². The number of hydrogen-bond acceptors (Lipinski definition) is 33. The first-order chi connectivity index (χ1) is 57.9. The summed E-state index contributed by atoms with van der Waals surface area (Å²) in [5.41, 5.74) is 4.32. The third-order valence-electron chi connectivity index (χ3n) is 20.2. The second-order valence-electron chi connectivity index (χ2n) is 28.7. The summed E-state index contributed by atoms with van der Waals surface area (Å²) in [5.74, 6) is -2.73. The van der Waals surface area contributed by atoms with Gasteiger partial charge in [0.2, 0.25) is 23.7 Å². The summed E-state index contributed by atoms with van der Waals surface area (Å²) in [4.78, 5) is 147. The van der Waals surface area contributed by atoms with Crippen molar-refractivity contribution in [2.75, 3.05) is 87.4 Å². The number of H-pyrrole nitrogens is 2. The molecule has 9 aromatic rings. The number of rotatable bonds is 16. The Balaban J connectivity index is 0.000000194. The van der Waals surface area contributed by atoms with E-state index in [9.17, 15) is 43.2 Å². The summed E-state index contributed by atoms with van der Waals surface area (Å²) >= 11 is 19.5. The maximum Gasteiger partial charge on any atom is 0.386 e. The predicted molar refractivity (Wildman–Crippen MR) is 440 cm³/mol. The van der Waals surface area contributed by atoms with E-state index in [-0.39, 0.29) is 68.2 Å². The number of carbonyl (C=O) groups is 3. The highest BCUT2D eigenvalue weighted by Crippen LogP contribution is 2.60. The number of nitrogens with zero attached hydrogens (tertiary/aromatic N) is 14. The summed E-state index contributed by atoms with van der Waals surface area (Å²) in [7, 11) is 0. The van der Waals surface area contributed by atoms with Gasteiger partial charge in [-0.3, -0.25) is 80.9 Å². The molecule has 55 heteroatoms. The number of nitrogens with one attached hydrogen (secondary N) is 7. The third kappa shape index (κ3) is 21.4. The van der Waals surface area contributed by atoms with Crippen molar-refractivity contribution in [3.63, 3.8) is 0 Å². The van der Waals surface area contributed by atoms with Gasteiger partial charge >= 0.3 is 20.2 Å². The van der Waals surface area contributed by atoms with Crippen LogP contribution in [0.25, 0.3) is 44.7 Å². The normalized spacial score (nSPS) is 30.6. The molecule has 0 saturated carbocycles. The van der Waals surface area contributed by atoms with Crippen molar-refractivity contribution in [3.8, 4) is 0 Å². The number of quaternary nitrogens is 2. The molecule has 6 saturated heterocycles. The van der Waals surface area contributed by atoms with E-state index < -0.39 is 192 Å². The maximum absolute atomic E-state index is 16.5. The van der Waals surface area contributed by atoms with Crippen LogP contribution in [0.15, 0.2) is 77.9 Å². The third-order valence-corrected chi connectivity index (χ3v) is 26.5. The fourth-order valence-electron chi connectivity index (χ4n) is 13.4. The molecular weight excluding hydrogens is 1780 g/mol. The molecule has 15 rings (SSSR count). The molecule has 14 heterocycles. The minimum absolute atomic E-state index is 0.0247. The number of anilines is 4. The van der Waals surface area contributed by atoms with E-state index in [0.717, 1.165) is 34.4 Å². The van der Waals surface area contributed by atoms with Crippen LogP contribution in [-0.2, 0) is 105 Å². The van der Waals surface area contributed by atoms with E-state index in [2.05, 4.69) is 130 Å². The van der Waals surface area contributed by atoms with Crippen molar-refractivity contribution >= 4 is 161 Å². The van der Waals surface area contributed by atoms with Crippen LogP contribution < -0.4 is 47.5 Å². The number of hydrogen-bond donors (Lipinski definition) is 11. The van der Waals surface area contributed by atoms with Crippen molar-refractivity contribution in [1.82, 2.24) is 78.1 Å².